The molecule has 2 atom stereocenters. The van der Waals surface area contributed by atoms with E-state index in [1.807, 2.05) is 73.7 Å². The van der Waals surface area contributed by atoms with Crippen molar-refractivity contribution in [2.45, 2.75) is 25.6 Å². The van der Waals surface area contributed by atoms with Crippen molar-refractivity contribution in [1.82, 2.24) is 5.32 Å². The van der Waals surface area contributed by atoms with Gasteiger partial charge in [0.1, 0.15) is 11.5 Å². The second-order valence-electron chi connectivity index (χ2n) is 5.80. The van der Waals surface area contributed by atoms with Gasteiger partial charge in [0, 0.05) is 16.1 Å². The summed E-state index contributed by atoms with van der Waals surface area (Å²) in [6, 6.07) is 21.6. The van der Waals surface area contributed by atoms with E-state index >= 15 is 0 Å². The van der Waals surface area contributed by atoms with E-state index in [2.05, 4.69) is 21.2 Å². The first-order valence-electron chi connectivity index (χ1n) is 7.94. The summed E-state index contributed by atoms with van der Waals surface area (Å²) in [5.41, 5.74) is 1.95. The average Bonchev–Trinajstić information content (AvgIpc) is 3.09. The van der Waals surface area contributed by atoms with Gasteiger partial charge in [-0.1, -0.05) is 58.4 Å². The molecule has 0 aliphatic carbocycles. The Morgan fingerprint density at radius 2 is 1.71 bits per heavy atom. The summed E-state index contributed by atoms with van der Waals surface area (Å²) >= 11 is 3.43. The van der Waals surface area contributed by atoms with Gasteiger partial charge in [0.15, 0.2) is 0 Å². The minimum absolute atomic E-state index is 0.0753. The molecule has 0 fully saturated rings. The van der Waals surface area contributed by atoms with E-state index in [1.165, 1.54) is 0 Å². The molecule has 0 saturated carbocycles. The van der Waals surface area contributed by atoms with E-state index in [1.54, 1.807) is 0 Å². The highest BCUT2D eigenvalue weighted by Crippen LogP contribution is 2.24. The third-order valence-corrected chi connectivity index (χ3v) is 4.53. The Kier molecular flexibility index (Phi) is 5.51. The van der Waals surface area contributed by atoms with E-state index in [0.29, 0.717) is 6.54 Å². The maximum Gasteiger partial charge on any atom is 0.134 e. The molecule has 4 heteroatoms. The van der Waals surface area contributed by atoms with Crippen LogP contribution in [0.15, 0.2) is 75.6 Å². The fourth-order valence-electron chi connectivity index (χ4n) is 2.55. The molecule has 0 amide bonds. The van der Waals surface area contributed by atoms with Crippen molar-refractivity contribution in [3.8, 4) is 11.3 Å². The standard InChI is InChI=1S/C20H20BrNO2/c1-14(20(23)16-5-3-2-4-6-16)22-13-18-11-12-19(24-18)15-7-9-17(21)10-8-15/h2-12,14,20,22-23H,13H2,1H3/t14-,20+/m0/s1. The molecular weight excluding hydrogens is 366 g/mol. The Morgan fingerprint density at radius 3 is 2.42 bits per heavy atom. The largest absolute Gasteiger partial charge is 0.460 e. The topological polar surface area (TPSA) is 45.4 Å². The molecule has 0 unspecified atom stereocenters. The van der Waals surface area contributed by atoms with Crippen LogP contribution in [-0.4, -0.2) is 11.1 Å². The summed E-state index contributed by atoms with van der Waals surface area (Å²) < 4.78 is 6.93. The molecule has 2 aromatic carbocycles. The summed E-state index contributed by atoms with van der Waals surface area (Å²) in [6.07, 6.45) is -0.549. The van der Waals surface area contributed by atoms with E-state index in [-0.39, 0.29) is 6.04 Å². The van der Waals surface area contributed by atoms with E-state index in [0.717, 1.165) is 27.1 Å². The molecule has 3 aromatic rings. The smallest absolute Gasteiger partial charge is 0.134 e. The number of hydrogen-bond donors (Lipinski definition) is 2. The van der Waals surface area contributed by atoms with Crippen LogP contribution in [0.5, 0.6) is 0 Å². The first-order valence-corrected chi connectivity index (χ1v) is 8.74. The van der Waals surface area contributed by atoms with Gasteiger partial charge in [0.2, 0.25) is 0 Å². The third kappa shape index (κ3) is 4.15. The van der Waals surface area contributed by atoms with E-state index in [4.69, 9.17) is 4.42 Å². The fourth-order valence-corrected chi connectivity index (χ4v) is 2.82. The number of furan rings is 1. The average molecular weight is 386 g/mol. The summed E-state index contributed by atoms with van der Waals surface area (Å²) in [5, 5.41) is 13.7. The molecule has 1 heterocycles. The molecule has 3 rings (SSSR count). The predicted octanol–water partition coefficient (Wildman–Crippen LogP) is 4.92. The Hall–Kier alpha value is -1.88. The summed E-state index contributed by atoms with van der Waals surface area (Å²) in [7, 11) is 0. The molecule has 0 saturated heterocycles. The number of hydrogen-bond acceptors (Lipinski definition) is 3. The zero-order valence-electron chi connectivity index (χ0n) is 13.4. The monoisotopic (exact) mass is 385 g/mol. The molecule has 2 N–H and O–H groups in total. The highest BCUT2D eigenvalue weighted by molar-refractivity contribution is 9.10. The van der Waals surface area contributed by atoms with E-state index in [9.17, 15) is 5.11 Å². The lowest BCUT2D eigenvalue weighted by molar-refractivity contribution is 0.134. The number of halogens is 1. The van der Waals surface area contributed by atoms with Gasteiger partial charge in [-0.2, -0.15) is 0 Å². The van der Waals surface area contributed by atoms with Crippen LogP contribution >= 0.6 is 15.9 Å². The van der Waals surface area contributed by atoms with Gasteiger partial charge in [-0.15, -0.1) is 0 Å². The SMILES string of the molecule is C[C@H](NCc1ccc(-c2ccc(Br)cc2)o1)[C@@H](O)c1ccccc1. The summed E-state index contributed by atoms with van der Waals surface area (Å²) in [6.45, 7) is 2.54. The van der Waals surface area contributed by atoms with Gasteiger partial charge in [-0.3, -0.25) is 0 Å². The number of aliphatic hydroxyl groups excluding tert-OH is 1. The molecule has 0 bridgehead atoms. The van der Waals surface area contributed by atoms with Gasteiger partial charge in [-0.25, -0.2) is 0 Å². The van der Waals surface area contributed by atoms with Gasteiger partial charge >= 0.3 is 0 Å². The number of benzene rings is 2. The lowest BCUT2D eigenvalue weighted by Gasteiger charge is -2.20. The van der Waals surface area contributed by atoms with Gasteiger partial charge in [0.05, 0.1) is 12.6 Å². The van der Waals surface area contributed by atoms with Crippen LogP contribution in [0.4, 0.5) is 0 Å². The van der Waals surface area contributed by atoms with Crippen molar-refractivity contribution < 1.29 is 9.52 Å². The lowest BCUT2D eigenvalue weighted by Crippen LogP contribution is -2.31. The van der Waals surface area contributed by atoms with Crippen LogP contribution in [0, 0.1) is 0 Å². The molecule has 0 aliphatic heterocycles. The normalized spacial score (nSPS) is 13.6. The van der Waals surface area contributed by atoms with Crippen molar-refractivity contribution in [3.63, 3.8) is 0 Å². The van der Waals surface area contributed by atoms with Crippen LogP contribution in [0.25, 0.3) is 11.3 Å². The molecule has 3 nitrogen and oxygen atoms in total. The summed E-state index contributed by atoms with van der Waals surface area (Å²) in [5.74, 6) is 1.69. The molecule has 24 heavy (non-hydrogen) atoms. The zero-order valence-corrected chi connectivity index (χ0v) is 15.0. The zero-order chi connectivity index (χ0) is 16.9. The maximum atomic E-state index is 10.4. The van der Waals surface area contributed by atoms with Crippen LogP contribution in [0.2, 0.25) is 0 Å². The van der Waals surface area contributed by atoms with Crippen molar-refractivity contribution in [2.75, 3.05) is 0 Å². The van der Waals surface area contributed by atoms with Crippen molar-refractivity contribution in [1.29, 1.82) is 0 Å². The predicted molar refractivity (Wildman–Crippen MR) is 99.5 cm³/mol. The van der Waals surface area contributed by atoms with Gasteiger partial charge in [0.25, 0.3) is 0 Å². The highest BCUT2D eigenvalue weighted by Gasteiger charge is 2.16. The summed E-state index contributed by atoms with van der Waals surface area (Å²) in [4.78, 5) is 0. The third-order valence-electron chi connectivity index (χ3n) is 4.00. The Labute approximate surface area is 150 Å². The van der Waals surface area contributed by atoms with Gasteiger partial charge in [-0.05, 0) is 36.8 Å². The maximum absolute atomic E-state index is 10.4. The van der Waals surface area contributed by atoms with E-state index < -0.39 is 6.10 Å². The van der Waals surface area contributed by atoms with Crippen molar-refractivity contribution in [3.05, 3.63) is 82.5 Å². The molecular formula is C20H20BrNO2. The van der Waals surface area contributed by atoms with Gasteiger partial charge < -0.3 is 14.8 Å². The molecule has 0 aliphatic rings. The fraction of sp³-hybridized carbons (Fsp3) is 0.200. The second kappa shape index (κ2) is 7.79. The van der Waals surface area contributed by atoms with Crippen LogP contribution < -0.4 is 5.32 Å². The first-order chi connectivity index (χ1) is 11.6. The van der Waals surface area contributed by atoms with Crippen molar-refractivity contribution in [2.24, 2.45) is 0 Å². The highest BCUT2D eigenvalue weighted by atomic mass is 79.9. The molecule has 0 radical (unpaired) electrons. The molecule has 124 valence electrons. The van der Waals surface area contributed by atoms with Crippen LogP contribution in [0.1, 0.15) is 24.4 Å². The molecule has 1 aromatic heterocycles. The minimum Gasteiger partial charge on any atom is -0.460 e. The van der Waals surface area contributed by atoms with Crippen LogP contribution in [-0.2, 0) is 6.54 Å². The number of nitrogens with one attached hydrogen (secondary N) is 1. The molecule has 0 spiro atoms. The quantitative estimate of drug-likeness (QED) is 0.632. The van der Waals surface area contributed by atoms with Crippen molar-refractivity contribution >= 4 is 15.9 Å². The number of rotatable bonds is 6. The first kappa shape index (κ1) is 17.0. The Balaban J connectivity index is 1.60. The minimum atomic E-state index is -0.549. The van der Waals surface area contributed by atoms with Crippen LogP contribution in [0.3, 0.4) is 0 Å². The Morgan fingerprint density at radius 1 is 1.00 bits per heavy atom. The second-order valence-corrected chi connectivity index (χ2v) is 6.71. The number of aliphatic hydroxyl groups is 1. The Bertz CT molecular complexity index is 768. The lowest BCUT2D eigenvalue weighted by atomic mass is 10.0.